The highest BCUT2D eigenvalue weighted by molar-refractivity contribution is 6.00. The van der Waals surface area contributed by atoms with Gasteiger partial charge in [0, 0.05) is 34.5 Å². The lowest BCUT2D eigenvalue weighted by atomic mass is 10.1. The van der Waals surface area contributed by atoms with E-state index in [1.165, 1.54) is 0 Å². The number of aromatic nitrogens is 1. The van der Waals surface area contributed by atoms with Gasteiger partial charge in [-0.2, -0.15) is 0 Å². The van der Waals surface area contributed by atoms with Gasteiger partial charge in [0.2, 0.25) is 0 Å². The van der Waals surface area contributed by atoms with Crippen molar-refractivity contribution in [3.8, 4) is 0 Å². The lowest BCUT2D eigenvalue weighted by molar-refractivity contribution is 0.163. The largest absolute Gasteiger partial charge is 0.398 e. The fourth-order valence-electron chi connectivity index (χ4n) is 1.55. The average Bonchev–Trinajstić information content (AvgIpc) is 2.28. The van der Waals surface area contributed by atoms with Crippen LogP contribution in [0.15, 0.2) is 30.6 Å². The highest BCUT2D eigenvalue weighted by Gasteiger charge is 2.06. The van der Waals surface area contributed by atoms with Crippen LogP contribution in [0.25, 0.3) is 10.8 Å². The monoisotopic (exact) mass is 223 g/mol. The van der Waals surface area contributed by atoms with Crippen LogP contribution >= 0.6 is 0 Å². The Kier molecular flexibility index (Phi) is 2.85. The zero-order valence-electron chi connectivity index (χ0n) is 8.45. The Morgan fingerprint density at radius 2 is 2.06 bits per heavy atom. The third-order valence-corrected chi connectivity index (χ3v) is 2.30. The first-order chi connectivity index (χ1) is 7.68. The van der Waals surface area contributed by atoms with Crippen LogP contribution in [-0.2, 0) is 0 Å². The smallest absolute Gasteiger partial charge is 0.255 e. The van der Waals surface area contributed by atoms with E-state index in [1.54, 1.807) is 30.6 Å². The Morgan fingerprint density at radius 1 is 1.25 bits per heavy atom. The Balaban J connectivity index is 2.42. The van der Waals surface area contributed by atoms with Gasteiger partial charge in [0.25, 0.3) is 6.43 Å². The van der Waals surface area contributed by atoms with Gasteiger partial charge >= 0.3 is 0 Å². The molecule has 0 atom stereocenters. The van der Waals surface area contributed by atoms with Crippen LogP contribution in [0.3, 0.4) is 0 Å². The molecule has 5 heteroatoms. The van der Waals surface area contributed by atoms with E-state index in [2.05, 4.69) is 10.3 Å². The first-order valence-electron chi connectivity index (χ1n) is 4.82. The van der Waals surface area contributed by atoms with Gasteiger partial charge in [0.05, 0.1) is 6.54 Å². The number of hydrogen-bond donors (Lipinski definition) is 2. The number of nitrogens with zero attached hydrogens (tertiary/aromatic N) is 1. The molecule has 1 aromatic heterocycles. The molecule has 0 radical (unpaired) electrons. The Morgan fingerprint density at radius 3 is 2.81 bits per heavy atom. The molecule has 0 saturated carbocycles. The minimum Gasteiger partial charge on any atom is -0.398 e. The molecule has 2 aromatic rings. The summed E-state index contributed by atoms with van der Waals surface area (Å²) >= 11 is 0. The summed E-state index contributed by atoms with van der Waals surface area (Å²) in [5, 5.41) is 4.25. The van der Waals surface area contributed by atoms with Gasteiger partial charge in [-0.25, -0.2) is 8.78 Å². The van der Waals surface area contributed by atoms with E-state index in [9.17, 15) is 8.78 Å². The second-order valence-electron chi connectivity index (χ2n) is 3.40. The van der Waals surface area contributed by atoms with Crippen LogP contribution in [0.5, 0.6) is 0 Å². The van der Waals surface area contributed by atoms with E-state index in [-0.39, 0.29) is 6.54 Å². The molecule has 2 rings (SSSR count). The number of pyridine rings is 1. The standard InChI is InChI=1S/C11H11F2N3/c12-11(13)6-16-10-2-1-9(14)8-5-15-4-3-7(8)10/h1-5,11,16H,6,14H2. The van der Waals surface area contributed by atoms with Crippen LogP contribution in [0.1, 0.15) is 0 Å². The Hall–Kier alpha value is -1.91. The zero-order chi connectivity index (χ0) is 11.5. The summed E-state index contributed by atoms with van der Waals surface area (Å²) in [6.07, 6.45) is 0.850. The summed E-state index contributed by atoms with van der Waals surface area (Å²) in [7, 11) is 0. The molecular formula is C11H11F2N3. The highest BCUT2D eigenvalue weighted by Crippen LogP contribution is 2.27. The Bertz CT molecular complexity index is 500. The number of halogens is 2. The number of rotatable bonds is 3. The van der Waals surface area contributed by atoms with Crippen molar-refractivity contribution >= 4 is 22.1 Å². The van der Waals surface area contributed by atoms with Crippen molar-refractivity contribution in [3.05, 3.63) is 30.6 Å². The number of hydrogen-bond acceptors (Lipinski definition) is 3. The molecular weight excluding hydrogens is 212 g/mol. The molecule has 0 spiro atoms. The highest BCUT2D eigenvalue weighted by atomic mass is 19.3. The van der Waals surface area contributed by atoms with E-state index in [0.29, 0.717) is 11.4 Å². The summed E-state index contributed by atoms with van der Waals surface area (Å²) in [4.78, 5) is 3.95. The topological polar surface area (TPSA) is 50.9 Å². The number of anilines is 2. The van der Waals surface area contributed by atoms with Crippen LogP contribution in [-0.4, -0.2) is 18.0 Å². The van der Waals surface area contributed by atoms with Crippen molar-refractivity contribution in [2.75, 3.05) is 17.6 Å². The normalized spacial score (nSPS) is 10.9. The number of benzene rings is 1. The molecule has 0 amide bonds. The van der Waals surface area contributed by atoms with Gasteiger partial charge in [0.1, 0.15) is 0 Å². The molecule has 16 heavy (non-hydrogen) atoms. The van der Waals surface area contributed by atoms with Crippen molar-refractivity contribution < 1.29 is 8.78 Å². The molecule has 3 nitrogen and oxygen atoms in total. The molecule has 0 aliphatic rings. The first-order valence-corrected chi connectivity index (χ1v) is 4.82. The maximum absolute atomic E-state index is 12.1. The molecule has 0 saturated heterocycles. The molecule has 0 fully saturated rings. The number of nitrogens with one attached hydrogen (secondary N) is 1. The summed E-state index contributed by atoms with van der Waals surface area (Å²) in [5.41, 5.74) is 7.00. The third kappa shape index (κ3) is 2.03. The fourth-order valence-corrected chi connectivity index (χ4v) is 1.55. The van der Waals surface area contributed by atoms with E-state index >= 15 is 0 Å². The SMILES string of the molecule is Nc1ccc(NCC(F)F)c2ccncc12. The Labute approximate surface area is 91.3 Å². The van der Waals surface area contributed by atoms with Gasteiger partial charge in [0.15, 0.2) is 0 Å². The fraction of sp³-hybridized carbons (Fsp3) is 0.182. The molecule has 0 aliphatic carbocycles. The maximum Gasteiger partial charge on any atom is 0.255 e. The summed E-state index contributed by atoms with van der Waals surface area (Å²) in [6.45, 7) is -0.374. The van der Waals surface area contributed by atoms with Crippen molar-refractivity contribution in [1.29, 1.82) is 0 Å². The van der Waals surface area contributed by atoms with Crippen molar-refractivity contribution in [2.24, 2.45) is 0 Å². The zero-order valence-corrected chi connectivity index (χ0v) is 8.45. The maximum atomic E-state index is 12.1. The summed E-state index contributed by atoms with van der Waals surface area (Å²) in [5.74, 6) is 0. The minimum atomic E-state index is -2.38. The van der Waals surface area contributed by atoms with Gasteiger partial charge in [-0.15, -0.1) is 0 Å². The number of nitrogen functional groups attached to an aromatic ring is 1. The number of fused-ring (bicyclic) bond motifs is 1. The molecule has 3 N–H and O–H groups in total. The van der Waals surface area contributed by atoms with Crippen molar-refractivity contribution in [3.63, 3.8) is 0 Å². The van der Waals surface area contributed by atoms with Gasteiger partial charge in [-0.1, -0.05) is 0 Å². The van der Waals surface area contributed by atoms with Crippen molar-refractivity contribution in [2.45, 2.75) is 6.43 Å². The summed E-state index contributed by atoms with van der Waals surface area (Å²) < 4.78 is 24.2. The molecule has 1 aromatic carbocycles. The quantitative estimate of drug-likeness (QED) is 0.786. The molecule has 0 aliphatic heterocycles. The lowest BCUT2D eigenvalue weighted by Crippen LogP contribution is -2.10. The van der Waals surface area contributed by atoms with Crippen LogP contribution in [0.4, 0.5) is 20.2 Å². The second kappa shape index (κ2) is 4.30. The molecule has 1 heterocycles. The van der Waals surface area contributed by atoms with E-state index in [1.807, 2.05) is 0 Å². The van der Waals surface area contributed by atoms with Gasteiger partial charge in [-0.3, -0.25) is 4.98 Å². The minimum absolute atomic E-state index is 0.374. The molecule has 84 valence electrons. The third-order valence-electron chi connectivity index (χ3n) is 2.30. The van der Waals surface area contributed by atoms with Crippen LogP contribution < -0.4 is 11.1 Å². The van der Waals surface area contributed by atoms with Crippen LogP contribution in [0, 0.1) is 0 Å². The molecule has 0 bridgehead atoms. The molecule has 0 unspecified atom stereocenters. The second-order valence-corrected chi connectivity index (χ2v) is 3.40. The van der Waals surface area contributed by atoms with E-state index < -0.39 is 6.43 Å². The van der Waals surface area contributed by atoms with E-state index in [4.69, 9.17) is 5.73 Å². The average molecular weight is 223 g/mol. The first kappa shape index (κ1) is 10.6. The number of nitrogens with two attached hydrogens (primary N) is 1. The van der Waals surface area contributed by atoms with E-state index in [0.717, 1.165) is 10.8 Å². The lowest BCUT2D eigenvalue weighted by Gasteiger charge is -2.10. The van der Waals surface area contributed by atoms with Crippen LogP contribution in [0.2, 0.25) is 0 Å². The van der Waals surface area contributed by atoms with Gasteiger partial charge < -0.3 is 11.1 Å². The summed E-state index contributed by atoms with van der Waals surface area (Å²) in [6, 6.07) is 5.12. The van der Waals surface area contributed by atoms with Crippen molar-refractivity contribution in [1.82, 2.24) is 4.98 Å². The number of alkyl halides is 2. The van der Waals surface area contributed by atoms with Gasteiger partial charge in [-0.05, 0) is 18.2 Å². The predicted octanol–water partition coefficient (Wildman–Crippen LogP) is 2.49. The predicted molar refractivity (Wildman–Crippen MR) is 60.6 cm³/mol.